The third kappa shape index (κ3) is 4.08. The smallest absolute Gasteiger partial charge is 0.416 e. The van der Waals surface area contributed by atoms with Crippen LogP contribution in [0, 0.1) is 6.92 Å². The number of Topliss-reactive ketones (excluding diaryl/α,β-unsaturated/α-hetero) is 1. The lowest BCUT2D eigenvalue weighted by atomic mass is 10.1. The molecule has 0 amide bonds. The van der Waals surface area contributed by atoms with Gasteiger partial charge in [-0.05, 0) is 42.0 Å². The highest BCUT2D eigenvalue weighted by molar-refractivity contribution is 5.99. The fraction of sp³-hybridized carbons (Fsp3) is 0.125. The lowest BCUT2D eigenvalue weighted by Gasteiger charge is -2.10. The van der Waals surface area contributed by atoms with Gasteiger partial charge in [0.15, 0.2) is 5.78 Å². The average molecular weight is 293 g/mol. The van der Waals surface area contributed by atoms with Crippen molar-refractivity contribution in [3.05, 3.63) is 72.1 Å². The second kappa shape index (κ2) is 5.99. The Morgan fingerprint density at radius 1 is 1.10 bits per heavy atom. The van der Waals surface area contributed by atoms with Crippen LogP contribution in [0.1, 0.15) is 21.5 Å². The SMILES string of the molecule is [CH2]C(=O)c1ccc(OCc2cccc(C(F)(F)F)c2)cc1. The van der Waals surface area contributed by atoms with Gasteiger partial charge in [-0.1, -0.05) is 12.1 Å². The fourth-order valence-electron chi connectivity index (χ4n) is 1.74. The van der Waals surface area contributed by atoms with Crippen molar-refractivity contribution in [1.29, 1.82) is 0 Å². The summed E-state index contributed by atoms with van der Waals surface area (Å²) in [5.41, 5.74) is 0.158. The van der Waals surface area contributed by atoms with Gasteiger partial charge < -0.3 is 4.74 Å². The minimum Gasteiger partial charge on any atom is -0.489 e. The summed E-state index contributed by atoms with van der Waals surface area (Å²) in [5.74, 6) is 0.164. The van der Waals surface area contributed by atoms with Gasteiger partial charge >= 0.3 is 6.18 Å². The highest BCUT2D eigenvalue weighted by atomic mass is 19.4. The molecule has 1 radical (unpaired) electrons. The zero-order valence-electron chi connectivity index (χ0n) is 11.0. The quantitative estimate of drug-likeness (QED) is 0.786. The van der Waals surface area contributed by atoms with Crippen LogP contribution >= 0.6 is 0 Å². The highest BCUT2D eigenvalue weighted by Gasteiger charge is 2.30. The molecule has 0 unspecified atom stereocenters. The first kappa shape index (κ1) is 15.1. The number of benzene rings is 2. The van der Waals surface area contributed by atoms with Crippen molar-refractivity contribution in [1.82, 2.24) is 0 Å². The third-order valence-corrected chi connectivity index (χ3v) is 2.84. The topological polar surface area (TPSA) is 26.3 Å². The number of alkyl halides is 3. The van der Waals surface area contributed by atoms with E-state index in [0.29, 0.717) is 16.9 Å². The van der Waals surface area contributed by atoms with Gasteiger partial charge in [0.2, 0.25) is 0 Å². The second-order valence-electron chi connectivity index (χ2n) is 4.43. The van der Waals surface area contributed by atoms with E-state index < -0.39 is 11.7 Å². The summed E-state index contributed by atoms with van der Waals surface area (Å²) in [6, 6.07) is 11.2. The molecule has 0 saturated heterocycles. The van der Waals surface area contributed by atoms with Gasteiger partial charge in [0, 0.05) is 12.5 Å². The predicted octanol–water partition coefficient (Wildman–Crippen LogP) is 4.30. The van der Waals surface area contributed by atoms with Gasteiger partial charge in [-0.2, -0.15) is 13.2 Å². The van der Waals surface area contributed by atoms with Crippen LogP contribution in [0.25, 0.3) is 0 Å². The maximum absolute atomic E-state index is 12.6. The molecule has 109 valence electrons. The minimum atomic E-state index is -4.37. The van der Waals surface area contributed by atoms with Crippen molar-refractivity contribution in [2.75, 3.05) is 0 Å². The zero-order chi connectivity index (χ0) is 15.5. The van der Waals surface area contributed by atoms with E-state index in [4.69, 9.17) is 4.74 Å². The number of ketones is 1. The van der Waals surface area contributed by atoms with Crippen LogP contribution in [0.5, 0.6) is 5.75 Å². The highest BCUT2D eigenvalue weighted by Crippen LogP contribution is 2.29. The molecule has 2 nitrogen and oxygen atoms in total. The number of ether oxygens (including phenoxy) is 1. The summed E-state index contributed by atoms with van der Waals surface area (Å²) in [4.78, 5) is 11.0. The Bertz CT molecular complexity index is 631. The average Bonchev–Trinajstić information content (AvgIpc) is 2.45. The lowest BCUT2D eigenvalue weighted by Crippen LogP contribution is -2.06. The van der Waals surface area contributed by atoms with Crippen LogP contribution in [0.4, 0.5) is 13.2 Å². The van der Waals surface area contributed by atoms with Crippen molar-refractivity contribution in [3.63, 3.8) is 0 Å². The van der Waals surface area contributed by atoms with Crippen LogP contribution in [-0.4, -0.2) is 5.78 Å². The number of rotatable bonds is 4. The molecular formula is C16H12F3O2. The molecule has 0 spiro atoms. The largest absolute Gasteiger partial charge is 0.489 e. The summed E-state index contributed by atoms with van der Waals surface area (Å²) in [6.07, 6.45) is -4.37. The number of carbonyl (C=O) groups excluding carboxylic acids is 1. The van der Waals surface area contributed by atoms with Gasteiger partial charge in [-0.25, -0.2) is 0 Å². The van der Waals surface area contributed by atoms with Crippen LogP contribution in [-0.2, 0) is 12.8 Å². The molecular weight excluding hydrogens is 281 g/mol. The Morgan fingerprint density at radius 3 is 2.33 bits per heavy atom. The Balaban J connectivity index is 2.04. The van der Waals surface area contributed by atoms with Crippen molar-refractivity contribution < 1.29 is 22.7 Å². The molecule has 21 heavy (non-hydrogen) atoms. The summed E-state index contributed by atoms with van der Waals surface area (Å²) < 4.78 is 43.1. The first-order valence-electron chi connectivity index (χ1n) is 6.11. The molecule has 0 aliphatic heterocycles. The first-order chi connectivity index (χ1) is 9.86. The molecule has 0 saturated carbocycles. The molecule has 0 N–H and O–H groups in total. The van der Waals surface area contributed by atoms with Gasteiger partial charge in [0.1, 0.15) is 12.4 Å². The molecule has 2 aromatic rings. The molecule has 0 aromatic heterocycles. The summed E-state index contributed by atoms with van der Waals surface area (Å²) in [6.45, 7) is 3.29. The van der Waals surface area contributed by atoms with Crippen LogP contribution in [0.15, 0.2) is 48.5 Å². The van der Waals surface area contributed by atoms with Crippen molar-refractivity contribution >= 4 is 5.78 Å². The standard InChI is InChI=1S/C16H12F3O2/c1-11(20)13-5-7-15(8-6-13)21-10-12-3-2-4-14(9-12)16(17,18)19/h2-9H,1,10H2. The van der Waals surface area contributed by atoms with E-state index in [1.807, 2.05) is 0 Å². The van der Waals surface area contributed by atoms with E-state index in [1.165, 1.54) is 6.07 Å². The van der Waals surface area contributed by atoms with Gasteiger partial charge in [0.05, 0.1) is 5.56 Å². The van der Waals surface area contributed by atoms with Crippen molar-refractivity contribution in [3.8, 4) is 5.75 Å². The van der Waals surface area contributed by atoms with E-state index in [0.717, 1.165) is 12.1 Å². The number of hydrogen-bond donors (Lipinski definition) is 0. The fourth-order valence-corrected chi connectivity index (χ4v) is 1.74. The summed E-state index contributed by atoms with van der Waals surface area (Å²) >= 11 is 0. The third-order valence-electron chi connectivity index (χ3n) is 2.84. The predicted molar refractivity (Wildman–Crippen MR) is 71.9 cm³/mol. The first-order valence-corrected chi connectivity index (χ1v) is 6.11. The molecule has 0 fully saturated rings. The Hall–Kier alpha value is -2.30. The van der Waals surface area contributed by atoms with E-state index in [-0.39, 0.29) is 12.4 Å². The van der Waals surface area contributed by atoms with E-state index >= 15 is 0 Å². The lowest BCUT2D eigenvalue weighted by molar-refractivity contribution is -0.137. The van der Waals surface area contributed by atoms with Crippen LogP contribution in [0.3, 0.4) is 0 Å². The normalized spacial score (nSPS) is 11.2. The van der Waals surface area contributed by atoms with Crippen molar-refractivity contribution in [2.45, 2.75) is 12.8 Å². The summed E-state index contributed by atoms with van der Waals surface area (Å²) in [7, 11) is 0. The molecule has 0 aliphatic carbocycles. The Morgan fingerprint density at radius 2 is 1.76 bits per heavy atom. The van der Waals surface area contributed by atoms with E-state index in [9.17, 15) is 18.0 Å². The zero-order valence-corrected chi connectivity index (χ0v) is 11.0. The number of carbonyl (C=O) groups is 1. The molecule has 2 rings (SSSR count). The van der Waals surface area contributed by atoms with E-state index in [1.54, 1.807) is 30.3 Å². The van der Waals surface area contributed by atoms with Gasteiger partial charge in [-0.3, -0.25) is 4.79 Å². The summed E-state index contributed by atoms with van der Waals surface area (Å²) in [5, 5.41) is 0. The molecule has 0 heterocycles. The minimum absolute atomic E-state index is 0.0155. The van der Waals surface area contributed by atoms with Crippen LogP contribution in [0.2, 0.25) is 0 Å². The molecule has 0 atom stereocenters. The molecule has 0 bridgehead atoms. The number of halogens is 3. The number of hydrogen-bond acceptors (Lipinski definition) is 2. The van der Waals surface area contributed by atoms with Gasteiger partial charge in [-0.15, -0.1) is 0 Å². The molecule has 2 aromatic carbocycles. The van der Waals surface area contributed by atoms with E-state index in [2.05, 4.69) is 6.92 Å². The molecule has 0 aliphatic rings. The van der Waals surface area contributed by atoms with Gasteiger partial charge in [0.25, 0.3) is 0 Å². The monoisotopic (exact) mass is 293 g/mol. The second-order valence-corrected chi connectivity index (χ2v) is 4.43. The van der Waals surface area contributed by atoms with Crippen molar-refractivity contribution in [2.24, 2.45) is 0 Å². The Kier molecular flexibility index (Phi) is 4.31. The maximum Gasteiger partial charge on any atom is 0.416 e. The Labute approximate surface area is 120 Å². The maximum atomic E-state index is 12.6. The molecule has 5 heteroatoms. The van der Waals surface area contributed by atoms with Crippen LogP contribution < -0.4 is 4.74 Å².